The molecule has 0 radical (unpaired) electrons. The number of aromatic nitrogens is 12. The van der Waals surface area contributed by atoms with Gasteiger partial charge in [0.15, 0.2) is 47.0 Å². The van der Waals surface area contributed by atoms with Crippen molar-refractivity contribution in [2.24, 2.45) is 27.1 Å². The van der Waals surface area contributed by atoms with Crippen molar-refractivity contribution in [3.05, 3.63) is 215 Å². The van der Waals surface area contributed by atoms with Crippen LogP contribution in [-0.2, 0) is 33.0 Å². The van der Waals surface area contributed by atoms with E-state index in [2.05, 4.69) is 262 Å². The Kier molecular flexibility index (Phi) is 18.3. The molecule has 101 heavy (non-hydrogen) atoms. The van der Waals surface area contributed by atoms with Gasteiger partial charge in [-0.3, -0.25) is 0 Å². The third-order valence-corrected chi connectivity index (χ3v) is 18.6. The van der Waals surface area contributed by atoms with Crippen LogP contribution in [0, 0.1) is 47.5 Å². The Morgan fingerprint density at radius 1 is 0.366 bits per heavy atom. The summed E-state index contributed by atoms with van der Waals surface area (Å²) in [4.78, 5) is 42.1. The molecule has 15 nitrogen and oxygen atoms in total. The zero-order valence-electron chi connectivity index (χ0n) is 63.0. The number of hydrogen-bond donors (Lipinski definition) is 0. The SMILES string of the molecule is Cc1ccc2c(n1)oc1c(-c3ccc(-c4ccc(CC(C)C)cc4)c[n+]3C)c(C)ccc12.Cc1ccc2c(n1)oc1c(-c3ccc(-c4nc(C(C)C)nc(C(C)C)n4)c[n+]3C)c(C)ccc12.[2H]C(C)(C)c1nc(-c2ccc(-c3c(C)ccc4c3oc3nc(C)ccc34)[n+](C)c2)nc(C(C)(C)C)n1. The van der Waals surface area contributed by atoms with E-state index in [-0.39, 0.29) is 17.3 Å². The largest absolute Gasteiger partial charge is 0.437 e. The van der Waals surface area contributed by atoms with E-state index >= 15 is 0 Å². The summed E-state index contributed by atoms with van der Waals surface area (Å²) in [6.07, 6.45) is 7.43. The molecule has 15 rings (SSSR count). The fraction of sp³-hybridized carbons (Fsp3) is 0.302. The van der Waals surface area contributed by atoms with Crippen molar-refractivity contribution in [2.75, 3.05) is 0 Å². The van der Waals surface area contributed by atoms with E-state index in [1.54, 1.807) is 13.8 Å². The Hall–Kier alpha value is -10.8. The standard InChI is InChI=1S/C29H32N5O.C29H29N2O.C28H30N5O/c1-16(2)25-31-26(33-28(32-25)29(5,6)7)19-11-14-22(34(8)15-19)23-17(3)9-12-20-21-13-10-18(4)30-27(21)35-24(20)23;1-18(2)16-21-8-10-22(11-9-21)23-12-15-26(31(5)17-23)27-19(3)6-13-24-25-14-7-20(4)30-29(25)32-28(24)27;1-15(2)25-30-26(16(3)4)32-27(31-25)19-10-13-22(33(7)14-19)23-17(5)8-11-20-21-12-9-18(6)29-28(21)34-24(20)23/h9-16H,1-8H3;6-15,17-18H,16H2,1-5H3;8-16H,1-7H3/q3*+1/i16D;;. The lowest BCUT2D eigenvalue weighted by molar-refractivity contribution is -0.660. The lowest BCUT2D eigenvalue weighted by Gasteiger charge is -2.18. The molecule has 0 saturated carbocycles. The monoisotopic (exact) mass is 1340 g/mol. The molecule has 0 spiro atoms. The first kappa shape index (κ1) is 67.4. The van der Waals surface area contributed by atoms with Gasteiger partial charge < -0.3 is 13.3 Å². The zero-order valence-corrected chi connectivity index (χ0v) is 62.0. The highest BCUT2D eigenvalue weighted by atomic mass is 16.3. The van der Waals surface area contributed by atoms with E-state index in [9.17, 15) is 0 Å². The minimum absolute atomic E-state index is 0.234. The zero-order chi connectivity index (χ0) is 72.5. The van der Waals surface area contributed by atoms with E-state index in [1.165, 1.54) is 22.3 Å². The number of nitrogens with zero attached hydrogens (tertiary/aromatic N) is 12. The predicted molar refractivity (Wildman–Crippen MR) is 405 cm³/mol. The van der Waals surface area contributed by atoms with Gasteiger partial charge in [-0.05, 0) is 136 Å². The van der Waals surface area contributed by atoms with Crippen molar-refractivity contribution in [2.45, 2.75) is 147 Å². The van der Waals surface area contributed by atoms with Crippen molar-refractivity contribution in [3.8, 4) is 67.7 Å². The van der Waals surface area contributed by atoms with Crippen LogP contribution in [0.5, 0.6) is 0 Å². The minimum atomic E-state index is -0.930. The van der Waals surface area contributed by atoms with Gasteiger partial charge in [0.05, 0.1) is 27.8 Å². The van der Waals surface area contributed by atoms with Crippen molar-refractivity contribution in [3.63, 3.8) is 0 Å². The molecule has 11 aromatic heterocycles. The summed E-state index contributed by atoms with van der Waals surface area (Å²) in [5.41, 5.74) is 22.8. The minimum Gasteiger partial charge on any atom is -0.437 e. The molecule has 0 amide bonds. The molecule has 510 valence electrons. The van der Waals surface area contributed by atoms with Crippen LogP contribution in [0.15, 0.2) is 165 Å². The number of furan rings is 3. The molecule has 0 atom stereocenters. The highest BCUT2D eigenvalue weighted by Crippen LogP contribution is 2.41. The molecule has 15 aromatic rings. The highest BCUT2D eigenvalue weighted by Gasteiger charge is 2.28. The topological polar surface area (TPSA) is 167 Å². The molecule has 15 heteroatoms. The van der Waals surface area contributed by atoms with Gasteiger partial charge in [0.1, 0.15) is 44.4 Å². The maximum absolute atomic E-state index is 8.51. The van der Waals surface area contributed by atoms with Gasteiger partial charge in [0, 0.05) is 97.7 Å². The first-order chi connectivity index (χ1) is 48.4. The number of aryl methyl sites for hydroxylation is 9. The number of rotatable bonds is 11. The molecule has 0 aliphatic rings. The van der Waals surface area contributed by atoms with Gasteiger partial charge in [-0.15, -0.1) is 0 Å². The van der Waals surface area contributed by atoms with Gasteiger partial charge in [0.25, 0.3) is 0 Å². The van der Waals surface area contributed by atoms with Crippen LogP contribution < -0.4 is 13.7 Å². The van der Waals surface area contributed by atoms with E-state index < -0.39 is 5.89 Å². The van der Waals surface area contributed by atoms with Gasteiger partial charge in [-0.1, -0.05) is 137 Å². The molecule has 0 bridgehead atoms. The van der Waals surface area contributed by atoms with Crippen LogP contribution in [0.25, 0.3) is 134 Å². The Morgan fingerprint density at radius 2 is 0.713 bits per heavy atom. The molecule has 4 aromatic carbocycles. The van der Waals surface area contributed by atoms with E-state index in [1.807, 2.05) is 58.3 Å². The van der Waals surface area contributed by atoms with Gasteiger partial charge in [-0.25, -0.2) is 58.6 Å². The summed E-state index contributed by atoms with van der Waals surface area (Å²) in [5.74, 6) is 4.29. The average molecular weight is 1340 g/mol. The molecule has 0 N–H and O–H groups in total. The molecular weight excluding hydrogens is 1250 g/mol. The molecule has 11 heterocycles. The summed E-state index contributed by atoms with van der Waals surface area (Å²) < 4.78 is 33.8. The lowest BCUT2D eigenvalue weighted by atomic mass is 9.95. The maximum atomic E-state index is 8.51. The summed E-state index contributed by atoms with van der Waals surface area (Å²) in [7, 11) is 6.18. The van der Waals surface area contributed by atoms with Crippen molar-refractivity contribution in [1.82, 2.24) is 44.9 Å². The van der Waals surface area contributed by atoms with Crippen LogP contribution in [0.2, 0.25) is 0 Å². The lowest BCUT2D eigenvalue weighted by Crippen LogP contribution is -2.31. The van der Waals surface area contributed by atoms with Crippen LogP contribution >= 0.6 is 0 Å². The van der Waals surface area contributed by atoms with Gasteiger partial charge in [-0.2, -0.15) is 0 Å². The third-order valence-electron chi connectivity index (χ3n) is 18.6. The summed E-state index contributed by atoms with van der Waals surface area (Å²) in [6, 6.07) is 46.8. The van der Waals surface area contributed by atoms with Crippen LogP contribution in [0.3, 0.4) is 0 Å². The van der Waals surface area contributed by atoms with Crippen molar-refractivity contribution >= 4 is 66.2 Å². The van der Waals surface area contributed by atoms with E-state index in [0.717, 1.165) is 140 Å². The van der Waals surface area contributed by atoms with Gasteiger partial charge >= 0.3 is 0 Å². The van der Waals surface area contributed by atoms with Crippen LogP contribution in [-0.4, -0.2) is 44.9 Å². The Bertz CT molecular complexity index is 5690. The van der Waals surface area contributed by atoms with Crippen molar-refractivity contribution < 1.29 is 28.3 Å². The van der Waals surface area contributed by atoms with Crippen LogP contribution in [0.1, 0.15) is 158 Å². The summed E-state index contributed by atoms with van der Waals surface area (Å²) in [5, 5.41) is 6.35. The molecule has 0 saturated heterocycles. The Balaban J connectivity index is 0.000000137. The Morgan fingerprint density at radius 3 is 1.07 bits per heavy atom. The first-order valence-electron chi connectivity index (χ1n) is 35.5. The fourth-order valence-corrected chi connectivity index (χ4v) is 13.2. The second kappa shape index (κ2) is 27.4. The van der Waals surface area contributed by atoms with Crippen molar-refractivity contribution in [1.29, 1.82) is 0 Å². The van der Waals surface area contributed by atoms with E-state index in [0.29, 0.717) is 46.4 Å². The molecular formula is C86H91N12O3+3. The van der Waals surface area contributed by atoms with Crippen LogP contribution in [0.4, 0.5) is 0 Å². The smallest absolute Gasteiger partial charge is 0.227 e. The summed E-state index contributed by atoms with van der Waals surface area (Å²) in [6.45, 7) is 35.1. The quantitative estimate of drug-likeness (QED) is 0.113. The molecule has 0 aliphatic heterocycles. The summed E-state index contributed by atoms with van der Waals surface area (Å²) >= 11 is 0. The van der Waals surface area contributed by atoms with E-state index in [4.69, 9.17) is 29.6 Å². The Labute approximate surface area is 593 Å². The first-order valence-corrected chi connectivity index (χ1v) is 35.0. The number of benzene rings is 4. The number of pyridine rings is 6. The fourth-order valence-electron chi connectivity index (χ4n) is 13.2. The second-order valence-electron chi connectivity index (χ2n) is 29.4. The highest BCUT2D eigenvalue weighted by molar-refractivity contribution is 6.11. The normalized spacial score (nSPS) is 12.2. The van der Waals surface area contributed by atoms with Gasteiger partial charge in [0.2, 0.25) is 34.2 Å². The number of hydrogen-bond acceptors (Lipinski definition) is 12. The molecule has 0 aliphatic carbocycles. The third kappa shape index (κ3) is 13.7. The predicted octanol–water partition coefficient (Wildman–Crippen LogP) is 19.5. The molecule has 0 unspecified atom stereocenters. The molecule has 0 fully saturated rings. The number of fused-ring (bicyclic) bond motifs is 9. The average Bonchev–Trinajstić information content (AvgIpc) is 1.59. The maximum Gasteiger partial charge on any atom is 0.227 e. The second-order valence-corrected chi connectivity index (χ2v) is 29.4.